The van der Waals surface area contributed by atoms with Crippen LogP contribution in [0.3, 0.4) is 0 Å². The van der Waals surface area contributed by atoms with E-state index in [1.165, 1.54) is 0 Å². The molecule has 4 aromatic rings. The van der Waals surface area contributed by atoms with Crippen molar-refractivity contribution >= 4 is 39.2 Å². The smallest absolute Gasteiger partial charge is 0.321 e. The zero-order valence-electron chi connectivity index (χ0n) is 15.9. The second-order valence-electron chi connectivity index (χ2n) is 6.87. The van der Waals surface area contributed by atoms with Gasteiger partial charge in [0.15, 0.2) is 10.8 Å². The van der Waals surface area contributed by atoms with E-state index < -0.39 is 0 Å². The monoisotopic (exact) mass is 418 g/mol. The number of fused-ring (bicyclic) bond motifs is 1. The molecule has 0 bridgehead atoms. The summed E-state index contributed by atoms with van der Waals surface area (Å²) in [6, 6.07) is 18.5. The second kappa shape index (κ2) is 7.64. The van der Waals surface area contributed by atoms with Crippen LogP contribution >= 0.6 is 11.3 Å². The third-order valence-corrected chi connectivity index (χ3v) is 5.94. The highest BCUT2D eigenvalue weighted by atomic mass is 32.1. The van der Waals surface area contributed by atoms with Crippen molar-refractivity contribution in [3.8, 4) is 10.8 Å². The highest BCUT2D eigenvalue weighted by Crippen LogP contribution is 2.31. The molecule has 1 aliphatic rings. The fraction of sp³-hybridized carbons (Fsp3) is 0.136. The minimum Gasteiger partial charge on any atom is -0.457 e. The predicted octanol–water partition coefficient (Wildman–Crippen LogP) is 4.02. The molecule has 150 valence electrons. The van der Waals surface area contributed by atoms with Crippen molar-refractivity contribution in [2.75, 3.05) is 18.0 Å². The number of urea groups is 1. The van der Waals surface area contributed by atoms with Gasteiger partial charge in [-0.15, -0.1) is 11.3 Å². The van der Waals surface area contributed by atoms with Crippen LogP contribution in [0.15, 0.2) is 65.1 Å². The molecule has 30 heavy (non-hydrogen) atoms. The van der Waals surface area contributed by atoms with Crippen LogP contribution < -0.4 is 15.5 Å². The van der Waals surface area contributed by atoms with Crippen LogP contribution in [-0.2, 0) is 6.54 Å². The summed E-state index contributed by atoms with van der Waals surface area (Å²) in [7, 11) is 0. The van der Waals surface area contributed by atoms with Crippen LogP contribution in [0.2, 0.25) is 0 Å². The molecule has 0 spiro atoms. The summed E-state index contributed by atoms with van der Waals surface area (Å²) < 4.78 is 6.97. The van der Waals surface area contributed by atoms with Gasteiger partial charge in [0.25, 0.3) is 5.91 Å². The van der Waals surface area contributed by atoms with E-state index in [1.54, 1.807) is 40.5 Å². The topological polar surface area (TPSA) is 87.5 Å². The molecule has 5 rings (SSSR count). The second-order valence-corrected chi connectivity index (χ2v) is 7.90. The van der Waals surface area contributed by atoms with Gasteiger partial charge < -0.3 is 15.1 Å². The molecular formula is C22H18N4O3S. The number of anilines is 1. The summed E-state index contributed by atoms with van der Waals surface area (Å²) in [4.78, 5) is 30.4. The molecule has 2 aromatic carbocycles. The SMILES string of the molecule is O=C(NCc1ccc(-c2nc3ccccc3s2)o1)c1ccc(N2CCNC2=O)cc1. The van der Waals surface area contributed by atoms with Gasteiger partial charge >= 0.3 is 6.03 Å². The first-order chi connectivity index (χ1) is 14.7. The molecule has 7 nitrogen and oxygen atoms in total. The minimum atomic E-state index is -0.203. The number of rotatable bonds is 5. The van der Waals surface area contributed by atoms with Crippen molar-refractivity contribution in [2.24, 2.45) is 0 Å². The van der Waals surface area contributed by atoms with Crippen LogP contribution in [0, 0.1) is 0 Å². The number of benzene rings is 2. The Kier molecular flexibility index (Phi) is 4.68. The molecule has 8 heteroatoms. The normalized spacial score (nSPS) is 13.6. The van der Waals surface area contributed by atoms with E-state index in [2.05, 4.69) is 15.6 Å². The number of furan rings is 1. The van der Waals surface area contributed by atoms with Gasteiger partial charge in [-0.2, -0.15) is 0 Å². The number of aromatic nitrogens is 1. The van der Waals surface area contributed by atoms with Crippen LogP contribution in [0.1, 0.15) is 16.1 Å². The summed E-state index contributed by atoms with van der Waals surface area (Å²) >= 11 is 1.57. The molecule has 1 fully saturated rings. The zero-order valence-corrected chi connectivity index (χ0v) is 16.7. The van der Waals surface area contributed by atoms with Crippen molar-refractivity contribution in [1.82, 2.24) is 15.6 Å². The number of nitrogens with zero attached hydrogens (tertiary/aromatic N) is 2. The molecule has 0 atom stereocenters. The fourth-order valence-corrected chi connectivity index (χ4v) is 4.27. The Morgan fingerprint density at radius 3 is 2.73 bits per heavy atom. The predicted molar refractivity (Wildman–Crippen MR) is 116 cm³/mol. The maximum absolute atomic E-state index is 12.5. The molecule has 1 aliphatic heterocycles. The van der Waals surface area contributed by atoms with Crippen LogP contribution in [-0.4, -0.2) is 30.0 Å². The Hall–Kier alpha value is -3.65. The average Bonchev–Trinajstić information content (AvgIpc) is 3.51. The molecule has 0 radical (unpaired) electrons. The number of carbonyl (C=O) groups excluding carboxylic acids is 2. The Balaban J connectivity index is 1.23. The van der Waals surface area contributed by atoms with Gasteiger partial charge in [-0.1, -0.05) is 12.1 Å². The lowest BCUT2D eigenvalue weighted by atomic mass is 10.2. The Bertz CT molecular complexity index is 1200. The molecule has 3 amide bonds. The quantitative estimate of drug-likeness (QED) is 0.513. The average molecular weight is 418 g/mol. The zero-order chi connectivity index (χ0) is 20.5. The molecular weight excluding hydrogens is 400 g/mol. The van der Waals surface area contributed by atoms with Crippen LogP contribution in [0.4, 0.5) is 10.5 Å². The van der Waals surface area contributed by atoms with E-state index in [0.717, 1.165) is 20.9 Å². The van der Waals surface area contributed by atoms with Crippen LogP contribution in [0.25, 0.3) is 21.0 Å². The number of hydrogen-bond donors (Lipinski definition) is 2. The van der Waals surface area contributed by atoms with Gasteiger partial charge in [0.1, 0.15) is 5.76 Å². The van der Waals surface area contributed by atoms with E-state index >= 15 is 0 Å². The maximum Gasteiger partial charge on any atom is 0.321 e. The standard InChI is InChI=1S/C22H18N4O3S/c27-20(14-5-7-15(8-6-14)26-12-11-23-22(26)28)24-13-16-9-10-18(29-16)21-25-17-3-1-2-4-19(17)30-21/h1-10H,11-13H2,(H,23,28)(H,24,27). The largest absolute Gasteiger partial charge is 0.457 e. The van der Waals surface area contributed by atoms with Crippen molar-refractivity contribution in [3.63, 3.8) is 0 Å². The number of amides is 3. The molecule has 1 saturated heterocycles. The number of para-hydroxylation sites is 1. The van der Waals surface area contributed by atoms with Gasteiger partial charge in [0, 0.05) is 24.3 Å². The molecule has 3 heterocycles. The summed E-state index contributed by atoms with van der Waals surface area (Å²) in [5.41, 5.74) is 2.24. The highest BCUT2D eigenvalue weighted by Gasteiger charge is 2.21. The number of hydrogen-bond acceptors (Lipinski definition) is 5. The Morgan fingerprint density at radius 1 is 1.13 bits per heavy atom. The molecule has 0 unspecified atom stereocenters. The Labute approximate surface area is 176 Å². The molecule has 2 aromatic heterocycles. The van der Waals surface area contributed by atoms with E-state index in [0.29, 0.717) is 30.2 Å². The lowest BCUT2D eigenvalue weighted by molar-refractivity contribution is 0.0948. The maximum atomic E-state index is 12.5. The molecule has 2 N–H and O–H groups in total. The van der Waals surface area contributed by atoms with Crippen molar-refractivity contribution in [3.05, 3.63) is 72.0 Å². The molecule has 0 aliphatic carbocycles. The van der Waals surface area contributed by atoms with E-state index in [1.807, 2.05) is 36.4 Å². The number of nitrogens with one attached hydrogen (secondary N) is 2. The number of thiazole rings is 1. The third-order valence-electron chi connectivity index (χ3n) is 4.89. The van der Waals surface area contributed by atoms with Crippen molar-refractivity contribution < 1.29 is 14.0 Å². The number of carbonyl (C=O) groups is 2. The first-order valence-electron chi connectivity index (χ1n) is 9.56. The fourth-order valence-electron chi connectivity index (χ4n) is 3.35. The first kappa shape index (κ1) is 18.4. The third kappa shape index (κ3) is 3.53. The van der Waals surface area contributed by atoms with Crippen LogP contribution in [0.5, 0.6) is 0 Å². The van der Waals surface area contributed by atoms with Gasteiger partial charge in [0.2, 0.25) is 0 Å². The van der Waals surface area contributed by atoms with Gasteiger partial charge in [-0.3, -0.25) is 9.69 Å². The highest BCUT2D eigenvalue weighted by molar-refractivity contribution is 7.21. The Morgan fingerprint density at radius 2 is 1.97 bits per heavy atom. The molecule has 0 saturated carbocycles. The lowest BCUT2D eigenvalue weighted by Gasteiger charge is -2.14. The van der Waals surface area contributed by atoms with Crippen molar-refractivity contribution in [2.45, 2.75) is 6.54 Å². The lowest BCUT2D eigenvalue weighted by Crippen LogP contribution is -2.27. The van der Waals surface area contributed by atoms with Gasteiger partial charge in [0.05, 0.1) is 16.8 Å². The summed E-state index contributed by atoms with van der Waals surface area (Å²) in [5, 5.41) is 6.44. The van der Waals surface area contributed by atoms with Gasteiger partial charge in [-0.25, -0.2) is 9.78 Å². The van der Waals surface area contributed by atoms with E-state index in [9.17, 15) is 9.59 Å². The van der Waals surface area contributed by atoms with Gasteiger partial charge in [-0.05, 0) is 48.5 Å². The van der Waals surface area contributed by atoms with Crippen molar-refractivity contribution in [1.29, 1.82) is 0 Å². The van der Waals surface area contributed by atoms with E-state index in [4.69, 9.17) is 4.42 Å². The summed E-state index contributed by atoms with van der Waals surface area (Å²) in [6.07, 6.45) is 0. The summed E-state index contributed by atoms with van der Waals surface area (Å²) in [6.45, 7) is 1.53. The van der Waals surface area contributed by atoms with E-state index in [-0.39, 0.29) is 18.5 Å². The summed E-state index contributed by atoms with van der Waals surface area (Å²) in [5.74, 6) is 1.14. The minimum absolute atomic E-state index is 0.117. The first-order valence-corrected chi connectivity index (χ1v) is 10.4.